The molecule has 5 heteroatoms. The number of fused-ring (bicyclic) bond motifs is 1. The molecule has 102 valence electrons. The Balaban J connectivity index is 1.90. The molecule has 2 aromatic carbocycles. The Labute approximate surface area is 124 Å². The molecule has 0 unspecified atom stereocenters. The molecule has 20 heavy (non-hydrogen) atoms. The van der Waals surface area contributed by atoms with E-state index in [4.69, 9.17) is 9.47 Å². The third-order valence-corrected chi connectivity index (χ3v) is 3.62. The summed E-state index contributed by atoms with van der Waals surface area (Å²) in [4.78, 5) is 12.4. The number of benzene rings is 2. The predicted molar refractivity (Wildman–Crippen MR) is 79.5 cm³/mol. The highest BCUT2D eigenvalue weighted by atomic mass is 79.9. The summed E-state index contributed by atoms with van der Waals surface area (Å²) in [6.07, 6.45) is 0. The molecule has 0 saturated carbocycles. The van der Waals surface area contributed by atoms with Gasteiger partial charge in [-0.25, -0.2) is 0 Å². The van der Waals surface area contributed by atoms with Gasteiger partial charge in [-0.15, -0.1) is 0 Å². The average Bonchev–Trinajstić information content (AvgIpc) is 2.49. The normalized spacial score (nSPS) is 12.8. The number of hydrogen-bond acceptors (Lipinski definition) is 3. The molecule has 1 heterocycles. The third-order valence-electron chi connectivity index (χ3n) is 2.93. The van der Waals surface area contributed by atoms with Crippen LogP contribution in [0.25, 0.3) is 0 Å². The van der Waals surface area contributed by atoms with E-state index in [-0.39, 0.29) is 5.91 Å². The highest BCUT2D eigenvalue weighted by molar-refractivity contribution is 9.10. The molecule has 0 bridgehead atoms. The molecule has 2 aromatic rings. The molecule has 1 aliphatic heterocycles. The van der Waals surface area contributed by atoms with Gasteiger partial charge in [-0.05, 0) is 40.2 Å². The van der Waals surface area contributed by atoms with Crippen molar-refractivity contribution in [2.45, 2.75) is 0 Å². The SMILES string of the molecule is O=C(Nc1ccccc1Br)c1cccc2c1OCCO2. The Kier molecular flexibility index (Phi) is 3.60. The standard InChI is InChI=1S/C15H12BrNO3/c16-11-5-1-2-6-12(11)17-15(18)10-4-3-7-13-14(10)20-9-8-19-13/h1-7H,8-9H2,(H,17,18). The average molecular weight is 334 g/mol. The van der Waals surface area contributed by atoms with Crippen LogP contribution < -0.4 is 14.8 Å². The van der Waals surface area contributed by atoms with Crippen LogP contribution in [0.5, 0.6) is 11.5 Å². The van der Waals surface area contributed by atoms with Crippen molar-refractivity contribution in [1.29, 1.82) is 0 Å². The number of carbonyl (C=O) groups excluding carboxylic acids is 1. The summed E-state index contributed by atoms with van der Waals surface area (Å²) < 4.78 is 11.8. The molecule has 0 radical (unpaired) electrons. The second-order valence-corrected chi connectivity index (χ2v) is 5.12. The maximum atomic E-state index is 12.4. The summed E-state index contributed by atoms with van der Waals surface area (Å²) in [5.74, 6) is 0.888. The molecule has 0 aromatic heterocycles. The first-order valence-corrected chi connectivity index (χ1v) is 6.99. The molecule has 0 atom stereocenters. The van der Waals surface area contributed by atoms with Gasteiger partial charge in [-0.3, -0.25) is 4.79 Å². The Morgan fingerprint density at radius 3 is 2.70 bits per heavy atom. The Hall–Kier alpha value is -2.01. The van der Waals surface area contributed by atoms with Gasteiger partial charge in [0, 0.05) is 4.47 Å². The van der Waals surface area contributed by atoms with Crippen molar-refractivity contribution in [2.24, 2.45) is 0 Å². The summed E-state index contributed by atoms with van der Waals surface area (Å²) in [7, 11) is 0. The van der Waals surface area contributed by atoms with Crippen LogP contribution in [0.2, 0.25) is 0 Å². The molecule has 1 aliphatic rings. The number of hydrogen-bond donors (Lipinski definition) is 1. The second kappa shape index (κ2) is 5.54. The van der Waals surface area contributed by atoms with Crippen molar-refractivity contribution >= 4 is 27.5 Å². The summed E-state index contributed by atoms with van der Waals surface area (Å²) >= 11 is 3.40. The van der Waals surface area contributed by atoms with Crippen molar-refractivity contribution < 1.29 is 14.3 Å². The lowest BCUT2D eigenvalue weighted by molar-refractivity contribution is 0.101. The zero-order valence-corrected chi connectivity index (χ0v) is 12.1. The van der Waals surface area contributed by atoms with Crippen LogP contribution in [0.3, 0.4) is 0 Å². The second-order valence-electron chi connectivity index (χ2n) is 4.26. The highest BCUT2D eigenvalue weighted by Gasteiger charge is 2.20. The molecular formula is C15H12BrNO3. The predicted octanol–water partition coefficient (Wildman–Crippen LogP) is 3.47. The fraction of sp³-hybridized carbons (Fsp3) is 0.133. The van der Waals surface area contributed by atoms with Crippen LogP contribution >= 0.6 is 15.9 Å². The summed E-state index contributed by atoms with van der Waals surface area (Å²) in [6, 6.07) is 12.7. The van der Waals surface area contributed by atoms with Crippen LogP contribution in [-0.4, -0.2) is 19.1 Å². The lowest BCUT2D eigenvalue weighted by Crippen LogP contribution is -2.20. The molecule has 1 N–H and O–H groups in total. The Morgan fingerprint density at radius 2 is 1.85 bits per heavy atom. The first kappa shape index (κ1) is 13.0. The van der Waals surface area contributed by atoms with Gasteiger partial charge in [0.15, 0.2) is 11.5 Å². The van der Waals surface area contributed by atoms with Crippen LogP contribution in [-0.2, 0) is 0 Å². The minimum atomic E-state index is -0.223. The van der Waals surface area contributed by atoms with Crippen LogP contribution in [0.4, 0.5) is 5.69 Å². The van der Waals surface area contributed by atoms with E-state index in [9.17, 15) is 4.79 Å². The lowest BCUT2D eigenvalue weighted by Gasteiger charge is -2.20. The van der Waals surface area contributed by atoms with Crippen molar-refractivity contribution in [3.63, 3.8) is 0 Å². The largest absolute Gasteiger partial charge is 0.486 e. The van der Waals surface area contributed by atoms with Crippen molar-refractivity contribution in [3.8, 4) is 11.5 Å². The van der Waals surface area contributed by atoms with E-state index in [1.165, 1.54) is 0 Å². The number of nitrogens with one attached hydrogen (secondary N) is 1. The first-order chi connectivity index (χ1) is 9.75. The van der Waals surface area contributed by atoms with Crippen molar-refractivity contribution in [3.05, 3.63) is 52.5 Å². The summed E-state index contributed by atoms with van der Waals surface area (Å²) in [5, 5.41) is 2.86. The molecule has 0 saturated heterocycles. The molecule has 0 aliphatic carbocycles. The maximum absolute atomic E-state index is 12.4. The van der Waals surface area contributed by atoms with Gasteiger partial charge in [0.1, 0.15) is 13.2 Å². The number of halogens is 1. The highest BCUT2D eigenvalue weighted by Crippen LogP contribution is 2.34. The zero-order valence-electron chi connectivity index (χ0n) is 10.6. The van der Waals surface area contributed by atoms with Crippen molar-refractivity contribution in [2.75, 3.05) is 18.5 Å². The molecule has 3 rings (SSSR count). The quantitative estimate of drug-likeness (QED) is 0.915. The molecular weight excluding hydrogens is 322 g/mol. The van der Waals surface area contributed by atoms with Gasteiger partial charge < -0.3 is 14.8 Å². The van der Waals surface area contributed by atoms with Gasteiger partial charge in [-0.2, -0.15) is 0 Å². The fourth-order valence-electron chi connectivity index (χ4n) is 2.00. The number of rotatable bonds is 2. The van der Waals surface area contributed by atoms with E-state index in [2.05, 4.69) is 21.2 Å². The molecule has 1 amide bonds. The van der Waals surface area contributed by atoms with Gasteiger partial charge in [0.2, 0.25) is 0 Å². The van der Waals surface area contributed by atoms with E-state index >= 15 is 0 Å². The minimum absolute atomic E-state index is 0.223. The third kappa shape index (κ3) is 2.49. The van der Waals surface area contributed by atoms with Crippen LogP contribution in [0.15, 0.2) is 46.9 Å². The summed E-state index contributed by atoms with van der Waals surface area (Å²) in [6.45, 7) is 0.953. The monoisotopic (exact) mass is 333 g/mol. The fourth-order valence-corrected chi connectivity index (χ4v) is 2.39. The van der Waals surface area contributed by atoms with E-state index in [1.54, 1.807) is 18.2 Å². The lowest BCUT2D eigenvalue weighted by atomic mass is 10.1. The van der Waals surface area contributed by atoms with Gasteiger partial charge in [0.05, 0.1) is 11.3 Å². The Bertz CT molecular complexity index is 657. The number of carbonyl (C=O) groups is 1. The number of para-hydroxylation sites is 2. The van der Waals surface area contributed by atoms with Gasteiger partial charge in [-0.1, -0.05) is 18.2 Å². The molecule has 0 fully saturated rings. The van der Waals surface area contributed by atoms with Crippen LogP contribution in [0.1, 0.15) is 10.4 Å². The summed E-state index contributed by atoms with van der Waals surface area (Å²) in [5.41, 5.74) is 1.18. The van der Waals surface area contributed by atoms with Crippen LogP contribution in [0, 0.1) is 0 Å². The van der Waals surface area contributed by atoms with E-state index in [0.717, 1.165) is 4.47 Å². The van der Waals surface area contributed by atoms with E-state index in [0.29, 0.717) is 36.0 Å². The van der Waals surface area contributed by atoms with E-state index in [1.807, 2.05) is 24.3 Å². The Morgan fingerprint density at radius 1 is 1.05 bits per heavy atom. The van der Waals surface area contributed by atoms with Gasteiger partial charge >= 0.3 is 0 Å². The number of ether oxygens (including phenoxy) is 2. The minimum Gasteiger partial charge on any atom is -0.486 e. The van der Waals surface area contributed by atoms with Crippen molar-refractivity contribution in [1.82, 2.24) is 0 Å². The number of amides is 1. The zero-order chi connectivity index (χ0) is 13.9. The topological polar surface area (TPSA) is 47.6 Å². The smallest absolute Gasteiger partial charge is 0.259 e. The molecule has 4 nitrogen and oxygen atoms in total. The van der Waals surface area contributed by atoms with E-state index < -0.39 is 0 Å². The molecule has 0 spiro atoms. The van der Waals surface area contributed by atoms with Gasteiger partial charge in [0.25, 0.3) is 5.91 Å². The number of anilines is 1. The first-order valence-electron chi connectivity index (χ1n) is 6.20. The maximum Gasteiger partial charge on any atom is 0.259 e.